The van der Waals surface area contributed by atoms with Gasteiger partial charge >= 0.3 is 5.97 Å². The van der Waals surface area contributed by atoms with Gasteiger partial charge in [-0.3, -0.25) is 19.7 Å². The van der Waals surface area contributed by atoms with Gasteiger partial charge in [-0.1, -0.05) is 18.6 Å². The molecule has 0 aliphatic heterocycles. The molecule has 7 heteroatoms. The van der Waals surface area contributed by atoms with Crippen LogP contribution in [-0.2, 0) is 14.3 Å². The number of hydrogen-bond acceptors (Lipinski definition) is 5. The van der Waals surface area contributed by atoms with Crippen LogP contribution >= 0.6 is 0 Å². The van der Waals surface area contributed by atoms with E-state index in [1.165, 1.54) is 37.5 Å². The molecule has 0 saturated heterocycles. The molecule has 2 saturated carbocycles. The highest BCUT2D eigenvalue weighted by Crippen LogP contribution is 2.49. The number of nitrogens with zero attached hydrogens (tertiary/aromatic N) is 1. The van der Waals surface area contributed by atoms with Crippen molar-refractivity contribution in [1.82, 2.24) is 0 Å². The van der Waals surface area contributed by atoms with E-state index in [-0.39, 0.29) is 17.3 Å². The fourth-order valence-electron chi connectivity index (χ4n) is 3.97. The monoisotopic (exact) mass is 332 g/mol. The summed E-state index contributed by atoms with van der Waals surface area (Å²) in [5, 5.41) is 13.3. The minimum Gasteiger partial charge on any atom is -0.456 e. The van der Waals surface area contributed by atoms with E-state index in [1.54, 1.807) is 6.07 Å². The lowest BCUT2D eigenvalue weighted by Gasteiger charge is -2.20. The Hall–Kier alpha value is -2.44. The van der Waals surface area contributed by atoms with Crippen molar-refractivity contribution < 1.29 is 19.2 Å². The standard InChI is InChI=1S/C17H20N2O5/c20-16(18-14-3-1-2-4-15(14)19(22)23)10-24-17(21)9-13-8-11-5-6-12(13)7-11/h1-4,11-13H,5-10H2,(H,18,20)/t11-,12-,13+/m1/s1. The zero-order chi connectivity index (χ0) is 17.1. The van der Waals surface area contributed by atoms with Gasteiger partial charge in [0.2, 0.25) is 0 Å². The molecule has 0 unspecified atom stereocenters. The summed E-state index contributed by atoms with van der Waals surface area (Å²) in [6.45, 7) is -0.425. The highest BCUT2D eigenvalue weighted by molar-refractivity contribution is 5.94. The molecule has 0 spiro atoms. The van der Waals surface area contributed by atoms with Gasteiger partial charge in [0.25, 0.3) is 11.6 Å². The van der Waals surface area contributed by atoms with Crippen LogP contribution in [0.3, 0.4) is 0 Å². The lowest BCUT2D eigenvalue weighted by Crippen LogP contribution is -2.23. The smallest absolute Gasteiger partial charge is 0.306 e. The summed E-state index contributed by atoms with van der Waals surface area (Å²) in [4.78, 5) is 34.1. The number of esters is 1. The van der Waals surface area contributed by atoms with Crippen LogP contribution < -0.4 is 5.32 Å². The van der Waals surface area contributed by atoms with Crippen LogP contribution in [-0.4, -0.2) is 23.4 Å². The summed E-state index contributed by atoms with van der Waals surface area (Å²) < 4.78 is 5.03. The van der Waals surface area contributed by atoms with E-state index in [0.29, 0.717) is 18.3 Å². The molecule has 1 amide bonds. The average molecular weight is 332 g/mol. The number of carbonyl (C=O) groups is 2. The van der Waals surface area contributed by atoms with E-state index in [2.05, 4.69) is 5.32 Å². The predicted octanol–water partition coefficient (Wildman–Crippen LogP) is 2.90. The van der Waals surface area contributed by atoms with Gasteiger partial charge in [0.1, 0.15) is 5.69 Å². The number of benzene rings is 1. The summed E-state index contributed by atoms with van der Waals surface area (Å²) in [7, 11) is 0. The van der Waals surface area contributed by atoms with Crippen molar-refractivity contribution in [2.45, 2.75) is 32.1 Å². The first-order valence-corrected chi connectivity index (χ1v) is 8.22. The number of carbonyl (C=O) groups excluding carboxylic acids is 2. The number of nitro groups is 1. The van der Waals surface area contributed by atoms with Crippen molar-refractivity contribution in [3.8, 4) is 0 Å². The first-order chi connectivity index (χ1) is 11.5. The molecule has 0 radical (unpaired) electrons. The molecular weight excluding hydrogens is 312 g/mol. The number of fused-ring (bicyclic) bond motifs is 2. The number of nitro benzene ring substituents is 1. The normalized spacial score (nSPS) is 24.6. The molecule has 128 valence electrons. The molecule has 2 bridgehead atoms. The number of nitrogens with one attached hydrogen (secondary N) is 1. The van der Waals surface area contributed by atoms with Crippen molar-refractivity contribution in [2.75, 3.05) is 11.9 Å². The topological polar surface area (TPSA) is 98.5 Å². The number of ether oxygens (including phenoxy) is 1. The van der Waals surface area contributed by atoms with Crippen LogP contribution in [0.2, 0.25) is 0 Å². The molecule has 0 heterocycles. The Morgan fingerprint density at radius 2 is 2.04 bits per heavy atom. The second kappa shape index (κ2) is 6.98. The van der Waals surface area contributed by atoms with Gasteiger partial charge in [0.05, 0.1) is 4.92 Å². The van der Waals surface area contributed by atoms with Gasteiger partial charge in [-0.05, 0) is 43.1 Å². The van der Waals surface area contributed by atoms with E-state index in [0.717, 1.165) is 12.3 Å². The van der Waals surface area contributed by atoms with Gasteiger partial charge in [-0.25, -0.2) is 0 Å². The van der Waals surface area contributed by atoms with Crippen LogP contribution in [0, 0.1) is 27.9 Å². The summed E-state index contributed by atoms with van der Waals surface area (Å²) in [5.41, 5.74) is -0.101. The molecule has 1 N–H and O–H groups in total. The van der Waals surface area contributed by atoms with E-state index < -0.39 is 17.4 Å². The van der Waals surface area contributed by atoms with E-state index >= 15 is 0 Å². The van der Waals surface area contributed by atoms with Crippen LogP contribution in [0.4, 0.5) is 11.4 Å². The fraction of sp³-hybridized carbons (Fsp3) is 0.529. The second-order valence-corrected chi connectivity index (χ2v) is 6.62. The zero-order valence-electron chi connectivity index (χ0n) is 13.3. The van der Waals surface area contributed by atoms with Crippen molar-refractivity contribution in [2.24, 2.45) is 17.8 Å². The van der Waals surface area contributed by atoms with Gasteiger partial charge in [-0.15, -0.1) is 0 Å². The molecule has 0 aromatic heterocycles. The molecule has 1 aromatic rings. The molecule has 24 heavy (non-hydrogen) atoms. The van der Waals surface area contributed by atoms with Gasteiger partial charge in [0.15, 0.2) is 6.61 Å². The van der Waals surface area contributed by atoms with Crippen molar-refractivity contribution in [3.63, 3.8) is 0 Å². The third-order valence-corrected chi connectivity index (χ3v) is 5.05. The third kappa shape index (κ3) is 3.72. The predicted molar refractivity (Wildman–Crippen MR) is 86.2 cm³/mol. The van der Waals surface area contributed by atoms with Crippen LogP contribution in [0.15, 0.2) is 24.3 Å². The SMILES string of the molecule is O=C(COC(=O)C[C@@H]1C[C@@H]2CC[C@@H]1C2)Nc1ccccc1[N+](=O)[O-]. The second-order valence-electron chi connectivity index (χ2n) is 6.62. The molecule has 7 nitrogen and oxygen atoms in total. The molecule has 3 rings (SSSR count). The number of anilines is 1. The third-order valence-electron chi connectivity index (χ3n) is 5.05. The molecular formula is C17H20N2O5. The summed E-state index contributed by atoms with van der Waals surface area (Å²) >= 11 is 0. The summed E-state index contributed by atoms with van der Waals surface area (Å²) in [6.07, 6.45) is 5.13. The van der Waals surface area contributed by atoms with Crippen molar-refractivity contribution >= 4 is 23.3 Å². The summed E-state index contributed by atoms with van der Waals surface area (Å²) in [5.74, 6) is 0.823. The summed E-state index contributed by atoms with van der Waals surface area (Å²) in [6, 6.07) is 5.84. The number of rotatable bonds is 6. The number of hydrogen-bond donors (Lipinski definition) is 1. The van der Waals surface area contributed by atoms with Gasteiger partial charge < -0.3 is 10.1 Å². The highest BCUT2D eigenvalue weighted by atomic mass is 16.6. The molecule has 2 aliphatic carbocycles. The maximum Gasteiger partial charge on any atom is 0.306 e. The number of amides is 1. The Morgan fingerprint density at radius 1 is 1.25 bits per heavy atom. The highest BCUT2D eigenvalue weighted by Gasteiger charge is 2.40. The maximum absolute atomic E-state index is 11.9. The van der Waals surface area contributed by atoms with Gasteiger partial charge in [0, 0.05) is 12.5 Å². The fourth-order valence-corrected chi connectivity index (χ4v) is 3.97. The van der Waals surface area contributed by atoms with Crippen LogP contribution in [0.5, 0.6) is 0 Å². The van der Waals surface area contributed by atoms with Crippen LogP contribution in [0.1, 0.15) is 32.1 Å². The number of para-hydroxylation sites is 2. The average Bonchev–Trinajstić information content (AvgIpc) is 3.16. The Balaban J connectivity index is 1.46. The minimum absolute atomic E-state index is 0.0941. The lowest BCUT2D eigenvalue weighted by atomic mass is 9.86. The van der Waals surface area contributed by atoms with Crippen molar-refractivity contribution in [1.29, 1.82) is 0 Å². The van der Waals surface area contributed by atoms with E-state index in [9.17, 15) is 19.7 Å². The zero-order valence-corrected chi connectivity index (χ0v) is 13.3. The Morgan fingerprint density at radius 3 is 2.71 bits per heavy atom. The largest absolute Gasteiger partial charge is 0.456 e. The van der Waals surface area contributed by atoms with E-state index in [4.69, 9.17) is 4.74 Å². The van der Waals surface area contributed by atoms with E-state index in [1.807, 2.05) is 0 Å². The Labute approximate surface area is 139 Å². The Bertz CT molecular complexity index is 660. The molecule has 1 aromatic carbocycles. The first-order valence-electron chi connectivity index (χ1n) is 8.22. The quantitative estimate of drug-likeness (QED) is 0.490. The maximum atomic E-state index is 11.9. The van der Waals surface area contributed by atoms with Crippen LogP contribution in [0.25, 0.3) is 0 Å². The van der Waals surface area contributed by atoms with Crippen molar-refractivity contribution in [3.05, 3.63) is 34.4 Å². The molecule has 3 atom stereocenters. The Kier molecular flexibility index (Phi) is 4.78. The molecule has 2 aliphatic rings. The molecule has 2 fully saturated rings. The lowest BCUT2D eigenvalue weighted by molar-refractivity contribution is -0.383. The first kappa shape index (κ1) is 16.4. The minimum atomic E-state index is -0.578. The van der Waals surface area contributed by atoms with Gasteiger partial charge in [-0.2, -0.15) is 0 Å².